The second kappa shape index (κ2) is 5.16. The number of hydrogen-bond donors (Lipinski definition) is 1. The number of aliphatic carboxylic acids is 1. The first-order chi connectivity index (χ1) is 9.65. The molecule has 0 amide bonds. The third-order valence-corrected chi connectivity index (χ3v) is 4.00. The van der Waals surface area contributed by atoms with Crippen molar-refractivity contribution in [2.45, 2.75) is 6.54 Å². The van der Waals surface area contributed by atoms with Gasteiger partial charge in [-0.1, -0.05) is 0 Å². The maximum absolute atomic E-state index is 11.9. The summed E-state index contributed by atoms with van der Waals surface area (Å²) >= 11 is 1.90. The summed E-state index contributed by atoms with van der Waals surface area (Å²) in [5, 5.41) is 12.7. The van der Waals surface area contributed by atoms with Crippen molar-refractivity contribution < 1.29 is 9.90 Å². The van der Waals surface area contributed by atoms with Crippen LogP contribution in [0.25, 0.3) is 5.78 Å². The number of carboxylic acids is 1. The van der Waals surface area contributed by atoms with Gasteiger partial charge in [-0.15, -0.1) is 5.10 Å². The largest absolute Gasteiger partial charge is 0.480 e. The molecule has 0 atom stereocenters. The molecule has 0 unspecified atom stereocenters. The molecule has 0 radical (unpaired) electrons. The minimum Gasteiger partial charge on any atom is -0.480 e. The van der Waals surface area contributed by atoms with Gasteiger partial charge in [0.2, 0.25) is 0 Å². The summed E-state index contributed by atoms with van der Waals surface area (Å²) < 4.78 is 2.16. The second-order valence-electron chi connectivity index (χ2n) is 4.39. The van der Waals surface area contributed by atoms with Gasteiger partial charge in [-0.05, 0) is 6.07 Å². The van der Waals surface area contributed by atoms with Gasteiger partial charge in [0.15, 0.2) is 0 Å². The molecule has 0 saturated carbocycles. The van der Waals surface area contributed by atoms with Crippen LogP contribution in [0.4, 0.5) is 5.82 Å². The molecule has 0 aliphatic carbocycles. The molecule has 1 fully saturated rings. The lowest BCUT2D eigenvalue weighted by Gasteiger charge is -2.27. The highest BCUT2D eigenvalue weighted by Crippen LogP contribution is 2.16. The van der Waals surface area contributed by atoms with E-state index in [0.717, 1.165) is 35.1 Å². The summed E-state index contributed by atoms with van der Waals surface area (Å²) in [6.07, 6.45) is 1.59. The van der Waals surface area contributed by atoms with Crippen molar-refractivity contribution in [3.63, 3.8) is 0 Å². The van der Waals surface area contributed by atoms with Gasteiger partial charge in [0.25, 0.3) is 5.78 Å². The lowest BCUT2D eigenvalue weighted by atomic mass is 10.4. The van der Waals surface area contributed by atoms with E-state index >= 15 is 0 Å². The minimum absolute atomic E-state index is 0.229. The van der Waals surface area contributed by atoms with E-state index in [1.807, 2.05) is 11.8 Å². The predicted molar refractivity (Wildman–Crippen MR) is 74.4 cm³/mol. The standard InChI is InChI=1S/C11H13N5O3S/c17-9(18)7-16-11(19)15-2-1-8(12-10(15)13-16)14-3-5-20-6-4-14/h1-2H,3-7H2,(H,17,18). The van der Waals surface area contributed by atoms with E-state index < -0.39 is 18.2 Å². The number of carboxylic acid groups (broad SMARTS) is 1. The number of anilines is 1. The number of rotatable bonds is 3. The fraction of sp³-hybridized carbons (Fsp3) is 0.455. The monoisotopic (exact) mass is 295 g/mol. The molecule has 20 heavy (non-hydrogen) atoms. The fourth-order valence-electron chi connectivity index (χ4n) is 2.10. The summed E-state index contributed by atoms with van der Waals surface area (Å²) in [6.45, 7) is 1.36. The predicted octanol–water partition coefficient (Wildman–Crippen LogP) is -0.471. The minimum atomic E-state index is -1.11. The van der Waals surface area contributed by atoms with Crippen molar-refractivity contribution >= 4 is 29.3 Å². The van der Waals surface area contributed by atoms with Gasteiger partial charge in [-0.25, -0.2) is 9.20 Å². The molecule has 1 N–H and O–H groups in total. The van der Waals surface area contributed by atoms with E-state index in [2.05, 4.69) is 15.0 Å². The number of fused-ring (bicyclic) bond motifs is 1. The number of carbonyl (C=O) groups is 1. The van der Waals surface area contributed by atoms with Crippen LogP contribution in [0, 0.1) is 0 Å². The van der Waals surface area contributed by atoms with Gasteiger partial charge in [0, 0.05) is 30.8 Å². The van der Waals surface area contributed by atoms with Crippen LogP contribution in [0.15, 0.2) is 17.1 Å². The van der Waals surface area contributed by atoms with Crippen LogP contribution in [-0.2, 0) is 11.3 Å². The average Bonchev–Trinajstić information content (AvgIpc) is 2.75. The van der Waals surface area contributed by atoms with Gasteiger partial charge in [0.05, 0.1) is 0 Å². The molecule has 1 aliphatic heterocycles. The van der Waals surface area contributed by atoms with Crippen LogP contribution in [0.2, 0.25) is 0 Å². The third-order valence-electron chi connectivity index (χ3n) is 3.06. The average molecular weight is 295 g/mol. The Morgan fingerprint density at radius 2 is 2.15 bits per heavy atom. The van der Waals surface area contributed by atoms with Crippen molar-refractivity contribution in [3.05, 3.63) is 22.7 Å². The van der Waals surface area contributed by atoms with Crippen LogP contribution in [0.5, 0.6) is 0 Å². The topological polar surface area (TPSA) is 92.7 Å². The van der Waals surface area contributed by atoms with E-state index in [1.54, 1.807) is 12.3 Å². The Balaban J connectivity index is 1.98. The maximum Gasteiger partial charge on any atom is 0.352 e. The first-order valence-electron chi connectivity index (χ1n) is 6.16. The van der Waals surface area contributed by atoms with Gasteiger partial charge < -0.3 is 10.0 Å². The van der Waals surface area contributed by atoms with Crippen LogP contribution in [0.1, 0.15) is 0 Å². The molecule has 106 valence electrons. The Kier molecular flexibility index (Phi) is 3.35. The highest BCUT2D eigenvalue weighted by atomic mass is 32.2. The highest BCUT2D eigenvalue weighted by molar-refractivity contribution is 7.99. The van der Waals surface area contributed by atoms with E-state index in [9.17, 15) is 9.59 Å². The Bertz CT molecular complexity index is 704. The summed E-state index contributed by atoms with van der Waals surface area (Å²) in [5.74, 6) is 1.99. The molecule has 0 bridgehead atoms. The third kappa shape index (κ3) is 2.36. The smallest absolute Gasteiger partial charge is 0.352 e. The molecule has 2 aromatic rings. The number of aromatic nitrogens is 4. The second-order valence-corrected chi connectivity index (χ2v) is 5.61. The molecule has 1 saturated heterocycles. The Labute approximate surface area is 118 Å². The summed E-state index contributed by atoms with van der Waals surface area (Å²) in [5.41, 5.74) is -0.490. The van der Waals surface area contributed by atoms with Crippen molar-refractivity contribution in [2.24, 2.45) is 0 Å². The fourth-order valence-corrected chi connectivity index (χ4v) is 3.00. The first-order valence-corrected chi connectivity index (χ1v) is 7.31. The van der Waals surface area contributed by atoms with Crippen LogP contribution in [0.3, 0.4) is 0 Å². The molecule has 8 nitrogen and oxygen atoms in total. The SMILES string of the molecule is O=C(O)Cn1nc2nc(N3CCSCC3)ccn2c1=O. The summed E-state index contributed by atoms with van der Waals surface area (Å²) in [6, 6.07) is 1.76. The van der Waals surface area contributed by atoms with Gasteiger partial charge in [0.1, 0.15) is 12.4 Å². The maximum atomic E-state index is 11.9. The molecule has 3 heterocycles. The lowest BCUT2D eigenvalue weighted by Crippen LogP contribution is -2.33. The Hall–Kier alpha value is -2.03. The van der Waals surface area contributed by atoms with Crippen LogP contribution in [-0.4, -0.2) is 54.8 Å². The molecule has 9 heteroatoms. The quantitative estimate of drug-likeness (QED) is 0.818. The van der Waals surface area contributed by atoms with Crippen LogP contribution >= 0.6 is 11.8 Å². The van der Waals surface area contributed by atoms with E-state index in [0.29, 0.717) is 0 Å². The highest BCUT2D eigenvalue weighted by Gasteiger charge is 2.15. The van der Waals surface area contributed by atoms with Crippen molar-refractivity contribution in [3.8, 4) is 0 Å². The normalized spacial score (nSPS) is 15.7. The van der Waals surface area contributed by atoms with E-state index in [1.165, 1.54) is 4.40 Å². The van der Waals surface area contributed by atoms with Crippen molar-refractivity contribution in [1.29, 1.82) is 0 Å². The Morgan fingerprint density at radius 3 is 2.85 bits per heavy atom. The van der Waals surface area contributed by atoms with Crippen molar-refractivity contribution in [2.75, 3.05) is 29.5 Å². The number of hydrogen-bond acceptors (Lipinski definition) is 6. The summed E-state index contributed by atoms with van der Waals surface area (Å²) in [7, 11) is 0. The van der Waals surface area contributed by atoms with E-state index in [-0.39, 0.29) is 5.78 Å². The molecule has 0 spiro atoms. The number of nitrogens with zero attached hydrogens (tertiary/aromatic N) is 5. The van der Waals surface area contributed by atoms with Gasteiger partial charge in [-0.3, -0.25) is 4.79 Å². The number of thioether (sulfide) groups is 1. The Morgan fingerprint density at radius 1 is 1.40 bits per heavy atom. The molecule has 0 aromatic carbocycles. The van der Waals surface area contributed by atoms with Crippen LogP contribution < -0.4 is 10.6 Å². The summed E-state index contributed by atoms with van der Waals surface area (Å²) in [4.78, 5) is 29.0. The molecular weight excluding hydrogens is 282 g/mol. The lowest BCUT2D eigenvalue weighted by molar-refractivity contribution is -0.137. The zero-order chi connectivity index (χ0) is 14.1. The molecule has 2 aromatic heterocycles. The molecular formula is C11H13N5O3S. The zero-order valence-electron chi connectivity index (χ0n) is 10.6. The van der Waals surface area contributed by atoms with Gasteiger partial charge >= 0.3 is 11.7 Å². The first kappa shape index (κ1) is 13.0. The van der Waals surface area contributed by atoms with Gasteiger partial charge in [-0.2, -0.15) is 21.4 Å². The van der Waals surface area contributed by atoms with Crippen molar-refractivity contribution in [1.82, 2.24) is 19.2 Å². The molecule has 3 rings (SSSR count). The van der Waals surface area contributed by atoms with E-state index in [4.69, 9.17) is 5.11 Å². The molecule has 1 aliphatic rings. The zero-order valence-corrected chi connectivity index (χ0v) is 11.4.